The quantitative estimate of drug-likeness (QED) is 0.741. The zero-order chi connectivity index (χ0) is 14.5. The van der Waals surface area contributed by atoms with E-state index < -0.39 is 0 Å². The van der Waals surface area contributed by atoms with Gasteiger partial charge < -0.3 is 5.32 Å². The maximum absolute atomic E-state index is 14.3. The van der Waals surface area contributed by atoms with Crippen molar-refractivity contribution in [3.63, 3.8) is 0 Å². The number of halogens is 4. The molecule has 1 aliphatic rings. The molecule has 0 aliphatic carbocycles. The Bertz CT molecular complexity index is 420. The summed E-state index contributed by atoms with van der Waals surface area (Å²) in [6.45, 7) is 8.41. The molecule has 1 aromatic rings. The highest BCUT2D eigenvalue weighted by Crippen LogP contribution is 2.34. The van der Waals surface area contributed by atoms with Gasteiger partial charge in [-0.05, 0) is 30.9 Å². The van der Waals surface area contributed by atoms with E-state index >= 15 is 0 Å². The Morgan fingerprint density at radius 2 is 1.82 bits per heavy atom. The maximum atomic E-state index is 14.3. The predicted molar refractivity (Wildman–Crippen MR) is 99.9 cm³/mol. The second-order valence-electron chi connectivity index (χ2n) is 5.91. The highest BCUT2D eigenvalue weighted by molar-refractivity contribution is 9.10. The van der Waals surface area contributed by atoms with Gasteiger partial charge in [0, 0.05) is 42.3 Å². The van der Waals surface area contributed by atoms with Crippen molar-refractivity contribution in [2.75, 3.05) is 26.2 Å². The molecule has 0 aromatic heterocycles. The summed E-state index contributed by atoms with van der Waals surface area (Å²) in [7, 11) is 0. The van der Waals surface area contributed by atoms with Crippen molar-refractivity contribution in [3.8, 4) is 0 Å². The van der Waals surface area contributed by atoms with Crippen LogP contribution in [0.5, 0.6) is 0 Å². The Balaban J connectivity index is 0.00000220. The molecule has 6 heteroatoms. The Morgan fingerprint density at radius 1 is 1.18 bits per heavy atom. The number of benzene rings is 1. The first-order valence-electron chi connectivity index (χ1n) is 7.48. The van der Waals surface area contributed by atoms with Crippen molar-refractivity contribution in [3.05, 3.63) is 34.1 Å². The fourth-order valence-corrected chi connectivity index (χ4v) is 3.43. The first-order valence-corrected chi connectivity index (χ1v) is 8.27. The van der Waals surface area contributed by atoms with Gasteiger partial charge in [0.05, 0.1) is 0 Å². The van der Waals surface area contributed by atoms with Gasteiger partial charge in [-0.15, -0.1) is 24.8 Å². The Morgan fingerprint density at radius 3 is 2.36 bits per heavy atom. The van der Waals surface area contributed by atoms with Crippen LogP contribution in [0.15, 0.2) is 22.7 Å². The van der Waals surface area contributed by atoms with Crippen LogP contribution in [0, 0.1) is 11.7 Å². The Labute approximate surface area is 154 Å². The lowest BCUT2D eigenvalue weighted by Crippen LogP contribution is -2.45. The minimum Gasteiger partial charge on any atom is -0.314 e. The van der Waals surface area contributed by atoms with Crippen LogP contribution in [0.2, 0.25) is 0 Å². The lowest BCUT2D eigenvalue weighted by Gasteiger charge is -2.36. The summed E-state index contributed by atoms with van der Waals surface area (Å²) in [5.41, 5.74) is 0.829. The molecule has 1 aromatic carbocycles. The van der Waals surface area contributed by atoms with E-state index in [-0.39, 0.29) is 36.7 Å². The van der Waals surface area contributed by atoms with E-state index in [2.05, 4.69) is 40.0 Å². The first-order chi connectivity index (χ1) is 9.59. The molecule has 2 rings (SSSR count). The molecule has 1 saturated heterocycles. The fraction of sp³-hybridized carbons (Fsp3) is 0.625. The van der Waals surface area contributed by atoms with Crippen molar-refractivity contribution < 1.29 is 4.39 Å². The molecular formula is C16H26BrCl2FN2. The smallest absolute Gasteiger partial charge is 0.129 e. The van der Waals surface area contributed by atoms with Gasteiger partial charge in [0.2, 0.25) is 0 Å². The molecule has 1 atom stereocenters. The number of piperazine rings is 1. The van der Waals surface area contributed by atoms with E-state index in [1.165, 1.54) is 0 Å². The van der Waals surface area contributed by atoms with E-state index in [0.29, 0.717) is 5.92 Å². The monoisotopic (exact) mass is 414 g/mol. The number of rotatable bonds is 5. The van der Waals surface area contributed by atoms with Crippen LogP contribution in [0.4, 0.5) is 4.39 Å². The summed E-state index contributed by atoms with van der Waals surface area (Å²) in [6, 6.07) is 5.46. The van der Waals surface area contributed by atoms with Crippen LogP contribution in [-0.4, -0.2) is 31.1 Å². The number of nitrogens with zero attached hydrogens (tertiary/aromatic N) is 1. The first kappa shape index (κ1) is 22.1. The second kappa shape index (κ2) is 10.8. The largest absolute Gasteiger partial charge is 0.314 e. The van der Waals surface area contributed by atoms with Crippen molar-refractivity contribution >= 4 is 40.7 Å². The molecule has 0 saturated carbocycles. The molecule has 0 amide bonds. The number of nitrogens with one attached hydrogen (secondary N) is 1. The molecule has 128 valence electrons. The average Bonchev–Trinajstić information content (AvgIpc) is 2.42. The van der Waals surface area contributed by atoms with Crippen LogP contribution < -0.4 is 5.32 Å². The fourth-order valence-electron chi connectivity index (χ4n) is 2.82. The van der Waals surface area contributed by atoms with Crippen molar-refractivity contribution in [1.82, 2.24) is 10.2 Å². The molecule has 1 fully saturated rings. The molecule has 0 bridgehead atoms. The third kappa shape index (κ3) is 5.97. The van der Waals surface area contributed by atoms with Crippen LogP contribution >= 0.6 is 40.7 Å². The molecule has 1 aliphatic heterocycles. The number of hydrogen-bond donors (Lipinski definition) is 1. The van der Waals surface area contributed by atoms with E-state index in [0.717, 1.165) is 49.1 Å². The molecule has 0 radical (unpaired) electrons. The van der Waals surface area contributed by atoms with Gasteiger partial charge in [0.25, 0.3) is 0 Å². The Hall–Kier alpha value is 0.130. The molecule has 2 nitrogen and oxygen atoms in total. The molecule has 22 heavy (non-hydrogen) atoms. The Kier molecular flexibility index (Phi) is 10.9. The van der Waals surface area contributed by atoms with E-state index in [9.17, 15) is 4.39 Å². The summed E-state index contributed by atoms with van der Waals surface area (Å²) >= 11 is 3.54. The van der Waals surface area contributed by atoms with Crippen molar-refractivity contribution in [2.45, 2.75) is 32.7 Å². The predicted octanol–water partition coefficient (Wildman–Crippen LogP) is 4.81. The van der Waals surface area contributed by atoms with Gasteiger partial charge in [-0.2, -0.15) is 0 Å². The standard InChI is InChI=1S/C16H24BrFN2.2ClH/c1-12(2)6-7-15(20-10-8-19-9-11-20)16-13(17)4-3-5-14(16)18;;/h3-5,12,15,19H,6-11H2,1-2H3;2*1H/t15-;;/m1../s1. The lowest BCUT2D eigenvalue weighted by molar-refractivity contribution is 0.156. The third-order valence-electron chi connectivity index (χ3n) is 3.94. The summed E-state index contributed by atoms with van der Waals surface area (Å²) in [5.74, 6) is 0.553. The van der Waals surface area contributed by atoms with Crippen LogP contribution in [0.3, 0.4) is 0 Å². The average molecular weight is 416 g/mol. The summed E-state index contributed by atoms with van der Waals surface area (Å²) < 4.78 is 15.2. The normalized spacial score (nSPS) is 16.8. The highest BCUT2D eigenvalue weighted by Gasteiger charge is 2.26. The van der Waals surface area contributed by atoms with Crippen molar-refractivity contribution in [2.24, 2.45) is 5.92 Å². The summed E-state index contributed by atoms with van der Waals surface area (Å²) in [6.07, 6.45) is 2.13. The molecule has 0 unspecified atom stereocenters. The van der Waals surface area contributed by atoms with E-state index in [1.807, 2.05) is 6.07 Å². The van der Waals surface area contributed by atoms with Gasteiger partial charge in [0.1, 0.15) is 5.82 Å². The topological polar surface area (TPSA) is 15.3 Å². The zero-order valence-corrected chi connectivity index (χ0v) is 16.4. The minimum absolute atomic E-state index is 0. The van der Waals surface area contributed by atoms with E-state index in [4.69, 9.17) is 0 Å². The summed E-state index contributed by atoms with van der Waals surface area (Å²) in [4.78, 5) is 2.42. The summed E-state index contributed by atoms with van der Waals surface area (Å²) in [5, 5.41) is 3.37. The van der Waals surface area contributed by atoms with Gasteiger partial charge in [-0.1, -0.05) is 35.8 Å². The van der Waals surface area contributed by atoms with Crippen LogP contribution in [-0.2, 0) is 0 Å². The highest BCUT2D eigenvalue weighted by atomic mass is 79.9. The van der Waals surface area contributed by atoms with Gasteiger partial charge in [0.15, 0.2) is 0 Å². The maximum Gasteiger partial charge on any atom is 0.129 e. The lowest BCUT2D eigenvalue weighted by atomic mass is 9.95. The third-order valence-corrected chi connectivity index (χ3v) is 4.63. The van der Waals surface area contributed by atoms with Crippen LogP contribution in [0.1, 0.15) is 38.3 Å². The second-order valence-corrected chi connectivity index (χ2v) is 6.76. The van der Waals surface area contributed by atoms with E-state index in [1.54, 1.807) is 12.1 Å². The minimum atomic E-state index is -0.0911. The molecular weight excluding hydrogens is 390 g/mol. The van der Waals surface area contributed by atoms with Gasteiger partial charge in [-0.3, -0.25) is 4.90 Å². The van der Waals surface area contributed by atoms with Gasteiger partial charge in [-0.25, -0.2) is 4.39 Å². The van der Waals surface area contributed by atoms with Crippen molar-refractivity contribution in [1.29, 1.82) is 0 Å². The SMILES string of the molecule is CC(C)CC[C@H](c1c(F)cccc1Br)N1CCNCC1.Cl.Cl. The zero-order valence-electron chi connectivity index (χ0n) is 13.1. The molecule has 1 heterocycles. The van der Waals surface area contributed by atoms with Gasteiger partial charge >= 0.3 is 0 Å². The van der Waals surface area contributed by atoms with Crippen LogP contribution in [0.25, 0.3) is 0 Å². The molecule has 0 spiro atoms. The molecule has 1 N–H and O–H groups in total. The number of hydrogen-bond acceptors (Lipinski definition) is 2.